The SMILES string of the molecule is CC(=O)c1ccc2nc(-c3ccccc3)c(CCCCC(=O)OC(C)(C)C)nc2c1.CC(C)(C)OC(=O)CCCCc1nc2cc(C(=O)O)ccc2nc1-c1ccccc1.[Li+].[OH-]. The molecule has 0 saturated carbocycles. The monoisotopic (exact) mass is 834 g/mol. The molecule has 2 N–H and O–H groups in total. The predicted octanol–water partition coefficient (Wildman–Crippen LogP) is 7.43. The van der Waals surface area contributed by atoms with Crippen molar-refractivity contribution in [1.29, 1.82) is 0 Å². The Labute approximate surface area is 375 Å². The second-order valence-corrected chi connectivity index (χ2v) is 16.6. The van der Waals surface area contributed by atoms with Gasteiger partial charge in [-0.05, 0) is 123 Å². The summed E-state index contributed by atoms with van der Waals surface area (Å²) < 4.78 is 10.7. The fourth-order valence-corrected chi connectivity index (χ4v) is 6.45. The molecule has 12 nitrogen and oxygen atoms in total. The quantitative estimate of drug-likeness (QED) is 0.0495. The third kappa shape index (κ3) is 15.3. The molecule has 2 aromatic heterocycles. The van der Waals surface area contributed by atoms with E-state index in [0.29, 0.717) is 54.2 Å². The van der Waals surface area contributed by atoms with E-state index in [4.69, 9.17) is 29.4 Å². The minimum absolute atomic E-state index is 0. The number of hydrogen-bond donors (Lipinski definition) is 1. The van der Waals surface area contributed by atoms with Gasteiger partial charge in [0.2, 0.25) is 0 Å². The number of esters is 2. The number of nitrogens with zero attached hydrogens (tertiary/aromatic N) is 4. The van der Waals surface area contributed by atoms with Crippen molar-refractivity contribution in [2.24, 2.45) is 0 Å². The Balaban J connectivity index is 0.000000320. The van der Waals surface area contributed by atoms with Crippen molar-refractivity contribution in [3.8, 4) is 22.5 Å². The third-order valence-electron chi connectivity index (χ3n) is 9.15. The molecule has 2 heterocycles. The van der Waals surface area contributed by atoms with Crippen molar-refractivity contribution in [2.45, 2.75) is 111 Å². The first-order valence-corrected chi connectivity index (χ1v) is 20.4. The molecule has 6 rings (SSSR count). The van der Waals surface area contributed by atoms with Crippen molar-refractivity contribution in [3.05, 3.63) is 120 Å². The van der Waals surface area contributed by atoms with Gasteiger partial charge in [0.15, 0.2) is 5.78 Å². The smallest absolute Gasteiger partial charge is 0.870 e. The summed E-state index contributed by atoms with van der Waals surface area (Å²) in [5, 5.41) is 9.26. The number of fused-ring (bicyclic) bond motifs is 2. The van der Waals surface area contributed by atoms with Crippen LogP contribution in [0.4, 0.5) is 0 Å². The molecular weight excluding hydrogens is 779 g/mol. The Morgan fingerprint density at radius 1 is 0.532 bits per heavy atom. The van der Waals surface area contributed by atoms with Gasteiger partial charge in [-0.3, -0.25) is 14.4 Å². The Morgan fingerprint density at radius 3 is 1.29 bits per heavy atom. The molecule has 0 spiro atoms. The molecule has 6 aromatic rings. The van der Waals surface area contributed by atoms with Gasteiger partial charge >= 0.3 is 36.8 Å². The van der Waals surface area contributed by atoms with Gasteiger partial charge in [-0.25, -0.2) is 24.7 Å². The van der Waals surface area contributed by atoms with Crippen LogP contribution in [0, 0.1) is 0 Å². The minimum Gasteiger partial charge on any atom is -0.870 e. The van der Waals surface area contributed by atoms with Crippen LogP contribution in [0.1, 0.15) is 119 Å². The molecule has 0 saturated heterocycles. The molecule has 320 valence electrons. The van der Waals surface area contributed by atoms with Gasteiger partial charge in [0.25, 0.3) is 0 Å². The van der Waals surface area contributed by atoms with E-state index in [2.05, 4.69) is 0 Å². The van der Waals surface area contributed by atoms with E-state index in [-0.39, 0.29) is 47.6 Å². The molecule has 0 unspecified atom stereocenters. The number of ether oxygens (including phenoxy) is 2. The Bertz CT molecular complexity index is 2290. The molecule has 0 atom stereocenters. The molecule has 13 heteroatoms. The van der Waals surface area contributed by atoms with E-state index in [1.807, 2.05) is 108 Å². The normalized spacial score (nSPS) is 11.1. The van der Waals surface area contributed by atoms with E-state index in [9.17, 15) is 24.3 Å². The number of carboxylic acids is 1. The van der Waals surface area contributed by atoms with E-state index < -0.39 is 17.2 Å². The van der Waals surface area contributed by atoms with Crippen LogP contribution in [0.3, 0.4) is 0 Å². The summed E-state index contributed by atoms with van der Waals surface area (Å²) in [5.41, 5.74) is 7.78. The van der Waals surface area contributed by atoms with E-state index in [1.54, 1.807) is 31.2 Å². The summed E-state index contributed by atoms with van der Waals surface area (Å²) in [7, 11) is 0. The number of ketones is 1. The third-order valence-corrected chi connectivity index (χ3v) is 9.15. The number of carbonyl (C=O) groups excluding carboxylic acids is 3. The zero-order valence-corrected chi connectivity index (χ0v) is 37.0. The molecule has 0 bridgehead atoms. The number of unbranched alkanes of at least 4 members (excludes halogenated alkanes) is 2. The van der Waals surface area contributed by atoms with Crippen LogP contribution in [0.25, 0.3) is 44.6 Å². The molecule has 0 fully saturated rings. The summed E-state index contributed by atoms with van der Waals surface area (Å²) >= 11 is 0. The summed E-state index contributed by atoms with van der Waals surface area (Å²) in [4.78, 5) is 66.1. The maximum Gasteiger partial charge on any atom is 1.00 e. The van der Waals surface area contributed by atoms with Gasteiger partial charge in [0, 0.05) is 29.5 Å². The number of rotatable bonds is 14. The number of Topliss-reactive ketones (excluding diaryl/α,β-unsaturated/α-hetero) is 1. The number of benzene rings is 4. The van der Waals surface area contributed by atoms with E-state index >= 15 is 0 Å². The number of aromatic carboxylic acids is 1. The van der Waals surface area contributed by atoms with E-state index in [0.717, 1.165) is 58.7 Å². The number of aryl methyl sites for hydroxylation is 2. The summed E-state index contributed by atoms with van der Waals surface area (Å²) in [6.07, 6.45) is 5.00. The molecular formula is C49H55LiN4O8. The van der Waals surface area contributed by atoms with Crippen molar-refractivity contribution in [3.63, 3.8) is 0 Å². The standard InChI is InChI=1S/C25H28N2O3.C24H26N2O4.Li.H2O/c1-17(28)19-14-15-20-22(16-19)26-21(24(27-20)18-10-6-5-7-11-18)12-8-9-13-23(29)30-25(2,3)4;1-24(2,3)30-21(27)12-8-7-11-19-22(16-9-5-4-6-10-16)26-18-14-13-17(23(28)29)15-20(18)25-19;;/h5-7,10-11,14-16H,8-9,12-13H2,1-4H3;4-6,9-10,13-15H,7-8,11-12H2,1-3H3,(H,28,29);;1H2/q;;+1;/p-1. The van der Waals surface area contributed by atoms with Crippen LogP contribution in [0.5, 0.6) is 0 Å². The fourth-order valence-electron chi connectivity index (χ4n) is 6.45. The maximum absolute atomic E-state index is 12.0. The number of carboxylic acid groups (broad SMARTS) is 1. The first kappa shape index (κ1) is 50.6. The Morgan fingerprint density at radius 2 is 0.919 bits per heavy atom. The molecule has 0 radical (unpaired) electrons. The van der Waals surface area contributed by atoms with Crippen LogP contribution in [0.15, 0.2) is 97.1 Å². The van der Waals surface area contributed by atoms with Crippen LogP contribution < -0.4 is 18.9 Å². The molecule has 0 amide bonds. The molecule has 0 aliphatic carbocycles. The van der Waals surface area contributed by atoms with Gasteiger partial charge in [-0.1, -0.05) is 60.7 Å². The van der Waals surface area contributed by atoms with E-state index in [1.165, 1.54) is 6.07 Å². The summed E-state index contributed by atoms with van der Waals surface area (Å²) in [6.45, 7) is 12.7. The largest absolute Gasteiger partial charge is 1.00 e. The average molecular weight is 835 g/mol. The zero-order valence-electron chi connectivity index (χ0n) is 37.0. The second kappa shape index (κ2) is 22.9. The zero-order chi connectivity index (χ0) is 43.5. The van der Waals surface area contributed by atoms with Gasteiger partial charge < -0.3 is 20.1 Å². The maximum atomic E-state index is 12.0. The topological polar surface area (TPSA) is 189 Å². The van der Waals surface area contributed by atoms with Gasteiger partial charge in [0.05, 0.1) is 50.4 Å². The Hall–Kier alpha value is -5.80. The van der Waals surface area contributed by atoms with Crippen molar-refractivity contribution in [2.75, 3.05) is 0 Å². The van der Waals surface area contributed by atoms with Crippen LogP contribution in [-0.4, -0.2) is 65.4 Å². The summed E-state index contributed by atoms with van der Waals surface area (Å²) in [6, 6.07) is 29.9. The van der Waals surface area contributed by atoms with Gasteiger partial charge in [0.1, 0.15) is 11.2 Å². The molecule has 0 aliphatic heterocycles. The van der Waals surface area contributed by atoms with Crippen LogP contribution in [0.2, 0.25) is 0 Å². The number of carbonyl (C=O) groups is 4. The van der Waals surface area contributed by atoms with Gasteiger partial charge in [-0.15, -0.1) is 0 Å². The summed E-state index contributed by atoms with van der Waals surface area (Å²) in [5.74, 6) is -1.38. The predicted molar refractivity (Wildman–Crippen MR) is 236 cm³/mol. The van der Waals surface area contributed by atoms with Crippen molar-refractivity contribution < 1.29 is 58.1 Å². The Kier molecular flexibility index (Phi) is 18.6. The van der Waals surface area contributed by atoms with Crippen LogP contribution >= 0.6 is 0 Å². The first-order valence-electron chi connectivity index (χ1n) is 20.4. The van der Waals surface area contributed by atoms with Crippen molar-refractivity contribution in [1.82, 2.24) is 19.9 Å². The first-order chi connectivity index (χ1) is 28.5. The molecule has 62 heavy (non-hydrogen) atoms. The second-order valence-electron chi connectivity index (χ2n) is 16.6. The number of hydrogen-bond acceptors (Lipinski definition) is 11. The fraction of sp³-hybridized carbons (Fsp3) is 0.347. The average Bonchev–Trinajstić information content (AvgIpc) is 3.19. The van der Waals surface area contributed by atoms with Crippen LogP contribution in [-0.2, 0) is 31.9 Å². The van der Waals surface area contributed by atoms with Crippen molar-refractivity contribution >= 4 is 45.8 Å². The number of aromatic nitrogens is 4. The molecule has 0 aliphatic rings. The van der Waals surface area contributed by atoms with Gasteiger partial charge in [-0.2, -0.15) is 0 Å². The minimum atomic E-state index is -0.996. The molecule has 4 aromatic carbocycles.